The highest BCUT2D eigenvalue weighted by atomic mass is 79.9. The summed E-state index contributed by atoms with van der Waals surface area (Å²) in [6.07, 6.45) is 1.62. The van der Waals surface area contributed by atoms with Gasteiger partial charge in [0, 0.05) is 15.9 Å². The first-order valence-corrected chi connectivity index (χ1v) is 3.70. The van der Waals surface area contributed by atoms with Gasteiger partial charge in [-0.2, -0.15) is 0 Å². The van der Waals surface area contributed by atoms with Crippen LogP contribution in [-0.2, 0) is 5.54 Å². The van der Waals surface area contributed by atoms with Crippen LogP contribution in [0, 0.1) is 0 Å². The maximum absolute atomic E-state index is 5.72. The van der Waals surface area contributed by atoms with Gasteiger partial charge in [-0.05, 0) is 13.8 Å². The monoisotopic (exact) mass is 204 g/mol. The van der Waals surface area contributed by atoms with Crippen LogP contribution in [0.3, 0.4) is 0 Å². The lowest BCUT2D eigenvalue weighted by molar-refractivity contribution is 0.381. The number of hydrogen-bond donors (Lipinski definition) is 1. The van der Waals surface area contributed by atoms with E-state index >= 15 is 0 Å². The molecule has 1 aromatic rings. The van der Waals surface area contributed by atoms with Crippen molar-refractivity contribution in [2.24, 2.45) is 5.73 Å². The third-order valence-electron chi connectivity index (χ3n) is 1.11. The topological polar surface area (TPSA) is 52.0 Å². The molecule has 3 nitrogen and oxygen atoms in total. The van der Waals surface area contributed by atoms with E-state index in [0.29, 0.717) is 10.6 Å². The molecule has 0 unspecified atom stereocenters. The average Bonchev–Trinajstić information content (AvgIpc) is 2.11. The molecule has 0 aliphatic heterocycles. The van der Waals surface area contributed by atoms with Gasteiger partial charge >= 0.3 is 0 Å². The molecule has 0 radical (unpaired) electrons. The van der Waals surface area contributed by atoms with E-state index < -0.39 is 5.54 Å². The minimum absolute atomic E-state index is 0.445. The van der Waals surface area contributed by atoms with Gasteiger partial charge < -0.3 is 10.2 Å². The van der Waals surface area contributed by atoms with Crippen molar-refractivity contribution >= 4 is 15.9 Å². The number of hydrogen-bond acceptors (Lipinski definition) is 3. The van der Waals surface area contributed by atoms with Gasteiger partial charge in [0.15, 0.2) is 0 Å². The average molecular weight is 205 g/mol. The van der Waals surface area contributed by atoms with Crippen LogP contribution in [-0.4, -0.2) is 4.98 Å². The molecule has 0 bridgehead atoms. The highest BCUT2D eigenvalue weighted by Gasteiger charge is 2.18. The van der Waals surface area contributed by atoms with E-state index in [9.17, 15) is 0 Å². The Labute approximate surface area is 67.7 Å². The number of halogens is 1. The Morgan fingerprint density at radius 2 is 2.30 bits per heavy atom. The van der Waals surface area contributed by atoms with Crippen LogP contribution < -0.4 is 5.73 Å². The molecule has 1 heterocycles. The number of rotatable bonds is 1. The van der Waals surface area contributed by atoms with Crippen molar-refractivity contribution < 1.29 is 4.42 Å². The predicted molar refractivity (Wildman–Crippen MR) is 41.4 cm³/mol. The lowest BCUT2D eigenvalue weighted by atomic mass is 10.1. The summed E-state index contributed by atoms with van der Waals surface area (Å²) < 4.78 is 5.13. The summed E-state index contributed by atoms with van der Waals surface area (Å²) in [4.78, 5) is 4.33. The highest BCUT2D eigenvalue weighted by molar-refractivity contribution is 9.10. The molecule has 10 heavy (non-hydrogen) atoms. The SMILES string of the molecule is CC(C)(N)c1cnc(Br)o1. The standard InChI is InChI=1S/C6H9BrN2O/c1-6(2,8)4-3-9-5(7)10-4/h3H,8H2,1-2H3. The van der Waals surface area contributed by atoms with Crippen molar-refractivity contribution in [3.63, 3.8) is 0 Å². The lowest BCUT2D eigenvalue weighted by Crippen LogP contribution is -2.27. The molecule has 0 spiro atoms. The summed E-state index contributed by atoms with van der Waals surface area (Å²) >= 11 is 3.09. The molecule has 0 aliphatic rings. The van der Waals surface area contributed by atoms with Crippen molar-refractivity contribution in [1.82, 2.24) is 4.98 Å². The van der Waals surface area contributed by atoms with Crippen LogP contribution in [0.1, 0.15) is 19.6 Å². The molecule has 0 aliphatic carbocycles. The maximum atomic E-state index is 5.72. The van der Waals surface area contributed by atoms with Crippen molar-refractivity contribution in [3.05, 3.63) is 16.8 Å². The Balaban J connectivity index is 2.96. The molecule has 0 amide bonds. The fourth-order valence-corrected chi connectivity index (χ4v) is 0.827. The van der Waals surface area contributed by atoms with Crippen molar-refractivity contribution in [2.45, 2.75) is 19.4 Å². The van der Waals surface area contributed by atoms with Crippen molar-refractivity contribution in [2.75, 3.05) is 0 Å². The van der Waals surface area contributed by atoms with Gasteiger partial charge in [0.1, 0.15) is 5.76 Å². The molecule has 0 saturated heterocycles. The van der Waals surface area contributed by atoms with Gasteiger partial charge in [-0.25, -0.2) is 4.98 Å². The van der Waals surface area contributed by atoms with Crippen LogP contribution in [0.4, 0.5) is 0 Å². The van der Waals surface area contributed by atoms with Gasteiger partial charge in [0.2, 0.25) is 0 Å². The Kier molecular flexibility index (Phi) is 1.83. The first kappa shape index (κ1) is 7.75. The molecular weight excluding hydrogens is 196 g/mol. The quantitative estimate of drug-likeness (QED) is 0.757. The van der Waals surface area contributed by atoms with Crippen LogP contribution in [0.2, 0.25) is 0 Å². The molecule has 0 saturated carbocycles. The summed E-state index contributed by atoms with van der Waals surface area (Å²) in [5.41, 5.74) is 5.27. The number of nitrogens with zero attached hydrogens (tertiary/aromatic N) is 1. The Morgan fingerprint density at radius 1 is 1.70 bits per heavy atom. The smallest absolute Gasteiger partial charge is 0.264 e. The molecular formula is C6H9BrN2O. The van der Waals surface area contributed by atoms with Gasteiger partial charge in [0.25, 0.3) is 4.80 Å². The van der Waals surface area contributed by atoms with E-state index in [4.69, 9.17) is 10.2 Å². The van der Waals surface area contributed by atoms with E-state index in [0.717, 1.165) is 0 Å². The highest BCUT2D eigenvalue weighted by Crippen LogP contribution is 2.19. The number of oxazole rings is 1. The summed E-state index contributed by atoms with van der Waals surface area (Å²) in [5, 5.41) is 0. The zero-order valence-electron chi connectivity index (χ0n) is 5.89. The van der Waals surface area contributed by atoms with Crippen molar-refractivity contribution in [1.29, 1.82) is 0 Å². The minimum atomic E-state index is -0.445. The molecule has 0 aromatic carbocycles. The maximum Gasteiger partial charge on any atom is 0.264 e. The van der Waals surface area contributed by atoms with E-state index in [1.165, 1.54) is 0 Å². The van der Waals surface area contributed by atoms with E-state index in [1.54, 1.807) is 6.20 Å². The minimum Gasteiger partial charge on any atom is -0.434 e. The van der Waals surface area contributed by atoms with E-state index in [-0.39, 0.29) is 0 Å². The summed E-state index contributed by atoms with van der Waals surface area (Å²) in [7, 11) is 0. The normalized spacial score (nSPS) is 12.0. The van der Waals surface area contributed by atoms with Crippen LogP contribution in [0.5, 0.6) is 0 Å². The second kappa shape index (κ2) is 2.36. The van der Waals surface area contributed by atoms with Crippen LogP contribution in [0.25, 0.3) is 0 Å². The van der Waals surface area contributed by atoms with Crippen molar-refractivity contribution in [3.8, 4) is 0 Å². The Bertz CT molecular complexity index is 226. The van der Waals surface area contributed by atoms with Crippen LogP contribution in [0.15, 0.2) is 15.4 Å². The predicted octanol–water partition coefficient (Wildman–Crippen LogP) is 1.63. The van der Waals surface area contributed by atoms with Gasteiger partial charge in [-0.3, -0.25) is 0 Å². The molecule has 1 aromatic heterocycles. The largest absolute Gasteiger partial charge is 0.434 e. The van der Waals surface area contributed by atoms with E-state index in [2.05, 4.69) is 20.9 Å². The zero-order valence-corrected chi connectivity index (χ0v) is 7.47. The first-order chi connectivity index (χ1) is 4.50. The molecule has 0 atom stereocenters. The van der Waals surface area contributed by atoms with Crippen LogP contribution >= 0.6 is 15.9 Å². The fourth-order valence-electron chi connectivity index (χ4n) is 0.551. The third kappa shape index (κ3) is 1.58. The summed E-state index contributed by atoms with van der Waals surface area (Å²) in [5.74, 6) is 0.680. The lowest BCUT2D eigenvalue weighted by Gasteiger charge is -2.12. The third-order valence-corrected chi connectivity index (χ3v) is 1.48. The molecule has 4 heteroatoms. The second-order valence-corrected chi connectivity index (χ2v) is 3.38. The number of aromatic nitrogens is 1. The first-order valence-electron chi connectivity index (χ1n) is 2.91. The summed E-state index contributed by atoms with van der Waals surface area (Å²) in [6, 6.07) is 0. The van der Waals surface area contributed by atoms with Gasteiger partial charge in [-0.15, -0.1) is 0 Å². The Hall–Kier alpha value is -0.350. The fraction of sp³-hybridized carbons (Fsp3) is 0.500. The second-order valence-electron chi connectivity index (χ2n) is 2.70. The molecule has 56 valence electrons. The number of nitrogens with two attached hydrogens (primary N) is 1. The zero-order chi connectivity index (χ0) is 7.78. The Morgan fingerprint density at radius 3 is 2.50 bits per heavy atom. The molecule has 0 fully saturated rings. The summed E-state index contributed by atoms with van der Waals surface area (Å²) in [6.45, 7) is 3.72. The van der Waals surface area contributed by atoms with Gasteiger partial charge in [-0.1, -0.05) is 0 Å². The van der Waals surface area contributed by atoms with Gasteiger partial charge in [0.05, 0.1) is 11.7 Å². The van der Waals surface area contributed by atoms with E-state index in [1.807, 2.05) is 13.8 Å². The molecule has 2 N–H and O–H groups in total. The molecule has 1 rings (SSSR count).